The third-order valence-electron chi connectivity index (χ3n) is 1.95. The Morgan fingerprint density at radius 1 is 1.50 bits per heavy atom. The highest BCUT2D eigenvalue weighted by molar-refractivity contribution is 7.99. The fraction of sp³-hybridized carbons (Fsp3) is 0.800. The van der Waals surface area contributed by atoms with Crippen LogP contribution >= 0.6 is 11.8 Å². The number of rotatable bonds is 7. The molecule has 0 heterocycles. The maximum absolute atomic E-state index is 11.3. The molecule has 0 aromatic rings. The second kappa shape index (κ2) is 8.41. The molecule has 0 saturated carbocycles. The number of nitrogens with one attached hydrogen (secondary N) is 1. The molecule has 94 valence electrons. The number of carbonyl (C=O) groups excluding carboxylic acids is 2. The Balaban J connectivity index is 4.10. The molecule has 2 unspecified atom stereocenters. The molecule has 0 aromatic heterocycles. The average Bonchev–Trinajstić information content (AvgIpc) is 2.23. The highest BCUT2D eigenvalue weighted by Crippen LogP contribution is 2.15. The number of hydrogen-bond donors (Lipinski definition) is 2. The van der Waals surface area contributed by atoms with Gasteiger partial charge < -0.3 is 15.2 Å². The van der Waals surface area contributed by atoms with Gasteiger partial charge in [-0.15, -0.1) is 0 Å². The van der Waals surface area contributed by atoms with Crippen molar-refractivity contribution in [3.63, 3.8) is 0 Å². The van der Waals surface area contributed by atoms with Gasteiger partial charge in [-0.2, -0.15) is 11.8 Å². The number of thioether (sulfide) groups is 1. The third-order valence-corrected chi connectivity index (χ3v) is 3.28. The Morgan fingerprint density at radius 2 is 2.12 bits per heavy atom. The SMILES string of the molecule is COC(=O)C(CSC(C)CCO)NC(C)=O. The Morgan fingerprint density at radius 3 is 2.56 bits per heavy atom. The summed E-state index contributed by atoms with van der Waals surface area (Å²) >= 11 is 1.52. The van der Waals surface area contributed by atoms with Crippen LogP contribution in [0.4, 0.5) is 0 Å². The van der Waals surface area contributed by atoms with Crippen LogP contribution in [0.3, 0.4) is 0 Å². The summed E-state index contributed by atoms with van der Waals surface area (Å²) in [7, 11) is 1.29. The molecule has 0 aliphatic carbocycles. The number of aliphatic hydroxyl groups excluding tert-OH is 1. The van der Waals surface area contributed by atoms with E-state index in [-0.39, 0.29) is 17.8 Å². The van der Waals surface area contributed by atoms with Gasteiger partial charge in [-0.25, -0.2) is 4.79 Å². The minimum Gasteiger partial charge on any atom is -0.467 e. The van der Waals surface area contributed by atoms with Gasteiger partial charge in [0.2, 0.25) is 5.91 Å². The van der Waals surface area contributed by atoms with Gasteiger partial charge in [0.1, 0.15) is 6.04 Å². The van der Waals surface area contributed by atoms with Gasteiger partial charge in [0.05, 0.1) is 7.11 Å². The molecule has 0 rings (SSSR count). The van der Waals surface area contributed by atoms with Crippen LogP contribution < -0.4 is 5.32 Å². The summed E-state index contributed by atoms with van der Waals surface area (Å²) in [5, 5.41) is 11.5. The van der Waals surface area contributed by atoms with Gasteiger partial charge >= 0.3 is 5.97 Å². The summed E-state index contributed by atoms with van der Waals surface area (Å²) in [4.78, 5) is 22.2. The molecule has 1 amide bonds. The van der Waals surface area contributed by atoms with Crippen LogP contribution in [-0.2, 0) is 14.3 Å². The lowest BCUT2D eigenvalue weighted by Gasteiger charge is -2.17. The molecule has 0 saturated heterocycles. The van der Waals surface area contributed by atoms with E-state index >= 15 is 0 Å². The molecule has 0 radical (unpaired) electrons. The predicted octanol–water partition coefficient (Wildman–Crippen LogP) is 0.168. The highest BCUT2D eigenvalue weighted by atomic mass is 32.2. The number of esters is 1. The smallest absolute Gasteiger partial charge is 0.329 e. The number of hydrogen-bond acceptors (Lipinski definition) is 5. The van der Waals surface area contributed by atoms with Gasteiger partial charge in [0, 0.05) is 24.5 Å². The van der Waals surface area contributed by atoms with Crippen molar-refractivity contribution in [3.8, 4) is 0 Å². The average molecular weight is 249 g/mol. The van der Waals surface area contributed by atoms with Crippen molar-refractivity contribution in [3.05, 3.63) is 0 Å². The summed E-state index contributed by atoms with van der Waals surface area (Å²) in [6.45, 7) is 3.44. The Bertz CT molecular complexity index is 235. The minimum absolute atomic E-state index is 0.122. The van der Waals surface area contributed by atoms with Crippen molar-refractivity contribution in [1.29, 1.82) is 0 Å². The Hall–Kier alpha value is -0.750. The van der Waals surface area contributed by atoms with Crippen molar-refractivity contribution in [2.75, 3.05) is 19.5 Å². The first-order chi connectivity index (χ1) is 7.51. The van der Waals surface area contributed by atoms with Gasteiger partial charge in [-0.3, -0.25) is 4.79 Å². The summed E-state index contributed by atoms with van der Waals surface area (Å²) in [6, 6.07) is -0.617. The van der Waals surface area contributed by atoms with Crippen LogP contribution in [0.25, 0.3) is 0 Å². The zero-order chi connectivity index (χ0) is 12.6. The van der Waals surface area contributed by atoms with Crippen molar-refractivity contribution in [2.24, 2.45) is 0 Å². The monoisotopic (exact) mass is 249 g/mol. The number of carbonyl (C=O) groups is 2. The molecule has 2 atom stereocenters. The van der Waals surface area contributed by atoms with Crippen LogP contribution in [0.1, 0.15) is 20.3 Å². The number of methoxy groups -OCH3 is 1. The minimum atomic E-state index is -0.617. The van der Waals surface area contributed by atoms with E-state index in [9.17, 15) is 9.59 Å². The number of aliphatic hydroxyl groups is 1. The molecule has 0 bridgehead atoms. The molecule has 0 aliphatic rings. The number of ether oxygens (including phenoxy) is 1. The molecule has 6 heteroatoms. The first-order valence-corrected chi connectivity index (χ1v) is 6.13. The third kappa shape index (κ3) is 6.68. The fourth-order valence-electron chi connectivity index (χ4n) is 1.08. The Labute approximate surface area is 99.9 Å². The van der Waals surface area contributed by atoms with Crippen LogP contribution in [0.2, 0.25) is 0 Å². The second-order valence-corrected chi connectivity index (χ2v) is 4.90. The zero-order valence-corrected chi connectivity index (χ0v) is 10.7. The lowest BCUT2D eigenvalue weighted by molar-refractivity contribution is -0.144. The van der Waals surface area contributed by atoms with E-state index in [1.807, 2.05) is 6.92 Å². The van der Waals surface area contributed by atoms with Gasteiger partial charge in [-0.1, -0.05) is 6.92 Å². The molecule has 0 aromatic carbocycles. The molecule has 16 heavy (non-hydrogen) atoms. The first-order valence-electron chi connectivity index (χ1n) is 5.08. The van der Waals surface area contributed by atoms with Gasteiger partial charge in [0.15, 0.2) is 0 Å². The predicted molar refractivity (Wildman–Crippen MR) is 63.2 cm³/mol. The first kappa shape index (κ1) is 15.2. The lowest BCUT2D eigenvalue weighted by atomic mass is 10.3. The summed E-state index contributed by atoms with van der Waals surface area (Å²) in [5.74, 6) is -0.252. The van der Waals surface area contributed by atoms with E-state index in [2.05, 4.69) is 10.1 Å². The fourth-order valence-corrected chi connectivity index (χ4v) is 2.09. The molecular weight excluding hydrogens is 230 g/mol. The number of amides is 1. The molecule has 0 spiro atoms. The molecule has 0 fully saturated rings. The quantitative estimate of drug-likeness (QED) is 0.629. The topological polar surface area (TPSA) is 75.6 Å². The van der Waals surface area contributed by atoms with E-state index in [0.717, 1.165) is 0 Å². The largest absolute Gasteiger partial charge is 0.467 e. The van der Waals surface area contributed by atoms with Crippen molar-refractivity contribution in [2.45, 2.75) is 31.6 Å². The maximum Gasteiger partial charge on any atom is 0.329 e. The Kier molecular flexibility index (Phi) is 8.01. The van der Waals surface area contributed by atoms with E-state index in [0.29, 0.717) is 12.2 Å². The highest BCUT2D eigenvalue weighted by Gasteiger charge is 2.20. The van der Waals surface area contributed by atoms with Gasteiger partial charge in [-0.05, 0) is 6.42 Å². The zero-order valence-electron chi connectivity index (χ0n) is 9.86. The van der Waals surface area contributed by atoms with E-state index in [1.165, 1.54) is 25.8 Å². The standard InChI is InChI=1S/C10H19NO4S/c1-7(4-5-12)16-6-9(10(14)15-3)11-8(2)13/h7,9,12H,4-6H2,1-3H3,(H,11,13). The lowest BCUT2D eigenvalue weighted by Crippen LogP contribution is -2.42. The summed E-state index contributed by atoms with van der Waals surface area (Å²) < 4.78 is 4.59. The van der Waals surface area contributed by atoms with Crippen molar-refractivity contribution in [1.82, 2.24) is 5.32 Å². The van der Waals surface area contributed by atoms with Crippen molar-refractivity contribution < 1.29 is 19.4 Å². The molecule has 5 nitrogen and oxygen atoms in total. The van der Waals surface area contributed by atoms with Gasteiger partial charge in [0.25, 0.3) is 0 Å². The molecular formula is C10H19NO4S. The van der Waals surface area contributed by atoms with Crippen LogP contribution in [-0.4, -0.2) is 47.7 Å². The maximum atomic E-state index is 11.3. The molecule has 0 aliphatic heterocycles. The van der Waals surface area contributed by atoms with E-state index in [1.54, 1.807) is 0 Å². The van der Waals surface area contributed by atoms with Crippen molar-refractivity contribution >= 4 is 23.6 Å². The van der Waals surface area contributed by atoms with Crippen LogP contribution in [0.5, 0.6) is 0 Å². The normalized spacial score (nSPS) is 14.0. The van der Waals surface area contributed by atoms with E-state index < -0.39 is 12.0 Å². The van der Waals surface area contributed by atoms with Crippen LogP contribution in [0.15, 0.2) is 0 Å². The van der Waals surface area contributed by atoms with E-state index in [4.69, 9.17) is 5.11 Å². The summed E-state index contributed by atoms with van der Waals surface area (Å²) in [5.41, 5.74) is 0. The van der Waals surface area contributed by atoms with Crippen LogP contribution in [0, 0.1) is 0 Å². The second-order valence-electron chi connectivity index (χ2n) is 3.43. The molecule has 2 N–H and O–H groups in total. The summed E-state index contributed by atoms with van der Waals surface area (Å²) in [6.07, 6.45) is 0.665.